The van der Waals surface area contributed by atoms with Crippen molar-refractivity contribution >= 4 is 18.3 Å². The summed E-state index contributed by atoms with van der Waals surface area (Å²) in [5.41, 5.74) is 0.820. The van der Waals surface area contributed by atoms with Crippen molar-refractivity contribution in [1.29, 1.82) is 0 Å². The molecule has 0 unspecified atom stereocenters. The van der Waals surface area contributed by atoms with Gasteiger partial charge in [0.2, 0.25) is 0 Å². The molecule has 1 aromatic carbocycles. The van der Waals surface area contributed by atoms with Crippen LogP contribution in [0.5, 0.6) is 5.75 Å². The van der Waals surface area contributed by atoms with Crippen LogP contribution in [0.25, 0.3) is 0 Å². The molecule has 1 aromatic rings. The predicted molar refractivity (Wildman–Crippen MR) is 84.2 cm³/mol. The highest BCUT2D eigenvalue weighted by Gasteiger charge is 2.17. The summed E-state index contributed by atoms with van der Waals surface area (Å²) >= 11 is 0.870. The monoisotopic (exact) mass is 313 g/mol. The number of unbranched alkanes of at least 4 members (excludes halogenated alkanes) is 1. The molecule has 5 nitrogen and oxygen atoms in total. The van der Waals surface area contributed by atoms with Crippen molar-refractivity contribution in [1.82, 2.24) is 4.31 Å². The molecule has 1 N–H and O–H groups in total. The van der Waals surface area contributed by atoms with Crippen LogP contribution in [0.15, 0.2) is 24.3 Å². The van der Waals surface area contributed by atoms with Crippen molar-refractivity contribution in [3.63, 3.8) is 0 Å². The summed E-state index contributed by atoms with van der Waals surface area (Å²) in [5, 5.41) is 9.25. The third kappa shape index (κ3) is 6.73. The molecule has 0 aromatic heterocycles. The summed E-state index contributed by atoms with van der Waals surface area (Å²) in [4.78, 5) is 11.3. The zero-order chi connectivity index (χ0) is 15.7. The first-order valence-electron chi connectivity index (χ1n) is 7.09. The van der Waals surface area contributed by atoms with E-state index in [0.29, 0.717) is 12.4 Å². The molecule has 1 rings (SSSR count). The molecular weight excluding hydrogens is 290 g/mol. The summed E-state index contributed by atoms with van der Waals surface area (Å²) in [6.45, 7) is 6.69. The number of carbonyl (C=O) groups is 1. The van der Waals surface area contributed by atoms with E-state index in [1.54, 1.807) is 0 Å². The van der Waals surface area contributed by atoms with Gasteiger partial charge < -0.3 is 9.84 Å². The Hall–Kier alpha value is -1.40. The number of amides is 1. The van der Waals surface area contributed by atoms with E-state index in [9.17, 15) is 9.90 Å². The Balaban J connectivity index is 2.68. The van der Waals surface area contributed by atoms with Gasteiger partial charge in [-0.25, -0.2) is 9.10 Å². The first-order valence-corrected chi connectivity index (χ1v) is 7.79. The number of nitrogens with zero attached hydrogens (tertiary/aromatic N) is 1. The largest absolute Gasteiger partial charge is 0.491 e. The summed E-state index contributed by atoms with van der Waals surface area (Å²) in [5.74, 6) is 0.702. The predicted octanol–water partition coefficient (Wildman–Crippen LogP) is 4.33. The maximum atomic E-state index is 11.3. The summed E-state index contributed by atoms with van der Waals surface area (Å²) in [7, 11) is 0. The van der Waals surface area contributed by atoms with Gasteiger partial charge in [-0.3, -0.25) is 4.18 Å². The second-order valence-corrected chi connectivity index (χ2v) is 5.67. The first-order chi connectivity index (χ1) is 10.0. The Morgan fingerprint density at radius 1 is 1.38 bits per heavy atom. The molecule has 0 saturated carbocycles. The van der Waals surface area contributed by atoms with Crippen molar-refractivity contribution in [2.45, 2.75) is 46.3 Å². The number of para-hydroxylation sites is 1. The lowest BCUT2D eigenvalue weighted by atomic mass is 10.2. The van der Waals surface area contributed by atoms with Crippen LogP contribution in [0, 0.1) is 0 Å². The van der Waals surface area contributed by atoms with Gasteiger partial charge in [0.05, 0.1) is 19.3 Å². The molecule has 0 saturated heterocycles. The van der Waals surface area contributed by atoms with Crippen LogP contribution in [-0.2, 0) is 10.7 Å². The molecule has 21 heavy (non-hydrogen) atoms. The normalized spacial score (nSPS) is 10.7. The van der Waals surface area contributed by atoms with Gasteiger partial charge in [0, 0.05) is 5.56 Å². The average molecular weight is 313 g/mol. The lowest BCUT2D eigenvalue weighted by molar-refractivity contribution is 0.170. The number of ether oxygens (including phenoxy) is 1. The maximum Gasteiger partial charge on any atom is 0.419 e. The van der Waals surface area contributed by atoms with Gasteiger partial charge in [0.15, 0.2) is 0 Å². The highest BCUT2D eigenvalue weighted by atomic mass is 32.2. The van der Waals surface area contributed by atoms with Gasteiger partial charge in [-0.15, -0.1) is 0 Å². The molecule has 0 heterocycles. The van der Waals surface area contributed by atoms with Crippen molar-refractivity contribution < 1.29 is 18.8 Å². The third-order valence-corrected chi connectivity index (χ3v) is 3.32. The SMILES string of the molecule is CCCCOSN(Cc1ccccc1OC(C)C)C(=O)O. The van der Waals surface area contributed by atoms with E-state index in [4.69, 9.17) is 8.92 Å². The minimum absolute atomic E-state index is 0.0397. The molecule has 0 bridgehead atoms. The Kier molecular flexibility index (Phi) is 8.00. The third-order valence-electron chi connectivity index (χ3n) is 2.59. The average Bonchev–Trinajstić information content (AvgIpc) is 2.43. The van der Waals surface area contributed by atoms with Crippen LogP contribution in [-0.4, -0.2) is 28.2 Å². The highest BCUT2D eigenvalue weighted by molar-refractivity contribution is 7.92. The van der Waals surface area contributed by atoms with Crippen molar-refractivity contribution in [2.24, 2.45) is 0 Å². The number of rotatable bonds is 9. The Morgan fingerprint density at radius 2 is 2.10 bits per heavy atom. The van der Waals surface area contributed by atoms with Gasteiger partial charge in [-0.05, 0) is 26.3 Å². The summed E-state index contributed by atoms with van der Waals surface area (Å²) in [6.07, 6.45) is 0.931. The molecule has 0 spiro atoms. The van der Waals surface area contributed by atoms with E-state index in [0.717, 1.165) is 34.9 Å². The number of carboxylic acid groups (broad SMARTS) is 1. The molecule has 0 atom stereocenters. The smallest absolute Gasteiger partial charge is 0.419 e. The fourth-order valence-electron chi connectivity index (χ4n) is 1.59. The topological polar surface area (TPSA) is 59.0 Å². The number of benzene rings is 1. The van der Waals surface area contributed by atoms with Crippen LogP contribution >= 0.6 is 12.2 Å². The van der Waals surface area contributed by atoms with E-state index < -0.39 is 6.09 Å². The van der Waals surface area contributed by atoms with E-state index in [1.165, 1.54) is 0 Å². The highest BCUT2D eigenvalue weighted by Crippen LogP contribution is 2.24. The van der Waals surface area contributed by atoms with E-state index >= 15 is 0 Å². The molecule has 1 amide bonds. The minimum atomic E-state index is -1.03. The van der Waals surface area contributed by atoms with E-state index in [-0.39, 0.29) is 12.6 Å². The van der Waals surface area contributed by atoms with Crippen LogP contribution < -0.4 is 4.74 Å². The molecule has 6 heteroatoms. The fourth-order valence-corrected chi connectivity index (χ4v) is 2.16. The molecule has 0 aliphatic heterocycles. The molecule has 118 valence electrons. The van der Waals surface area contributed by atoms with Crippen LogP contribution in [0.3, 0.4) is 0 Å². The lowest BCUT2D eigenvalue weighted by Crippen LogP contribution is -2.23. The second kappa shape index (κ2) is 9.52. The number of hydrogen-bond donors (Lipinski definition) is 1. The van der Waals surface area contributed by atoms with E-state index in [2.05, 4.69) is 6.92 Å². The van der Waals surface area contributed by atoms with Crippen LogP contribution in [0.4, 0.5) is 4.79 Å². The Morgan fingerprint density at radius 3 is 2.71 bits per heavy atom. The zero-order valence-corrected chi connectivity index (χ0v) is 13.6. The Labute approximate surface area is 130 Å². The van der Waals surface area contributed by atoms with E-state index in [1.807, 2.05) is 38.1 Å². The quantitative estimate of drug-likeness (QED) is 0.417. The van der Waals surface area contributed by atoms with Crippen molar-refractivity contribution in [2.75, 3.05) is 6.61 Å². The van der Waals surface area contributed by atoms with Gasteiger partial charge in [0.1, 0.15) is 18.0 Å². The van der Waals surface area contributed by atoms with Gasteiger partial charge in [-0.1, -0.05) is 31.5 Å². The van der Waals surface area contributed by atoms with Crippen molar-refractivity contribution in [3.8, 4) is 5.75 Å². The van der Waals surface area contributed by atoms with Gasteiger partial charge >= 0.3 is 6.09 Å². The molecular formula is C15H23NO4S. The fraction of sp³-hybridized carbons (Fsp3) is 0.533. The zero-order valence-electron chi connectivity index (χ0n) is 12.7. The summed E-state index contributed by atoms with van der Waals surface area (Å²) in [6, 6.07) is 7.45. The second-order valence-electron chi connectivity index (χ2n) is 4.84. The van der Waals surface area contributed by atoms with Crippen LogP contribution in [0.1, 0.15) is 39.2 Å². The van der Waals surface area contributed by atoms with Gasteiger partial charge in [-0.2, -0.15) is 0 Å². The van der Waals surface area contributed by atoms with Crippen LogP contribution in [0.2, 0.25) is 0 Å². The minimum Gasteiger partial charge on any atom is -0.491 e. The standard InChI is InChI=1S/C15H23NO4S/c1-4-5-10-19-21-16(15(17)18)11-13-8-6-7-9-14(13)20-12(2)3/h6-9,12H,4-5,10-11H2,1-3H3,(H,17,18). The molecule has 0 aliphatic carbocycles. The maximum absolute atomic E-state index is 11.3. The first kappa shape index (κ1) is 17.7. The molecule has 0 aliphatic rings. The lowest BCUT2D eigenvalue weighted by Gasteiger charge is -2.19. The molecule has 0 fully saturated rings. The summed E-state index contributed by atoms with van der Waals surface area (Å²) < 4.78 is 12.2. The number of hydrogen-bond acceptors (Lipinski definition) is 4. The van der Waals surface area contributed by atoms with Gasteiger partial charge in [0.25, 0.3) is 0 Å². The molecule has 0 radical (unpaired) electrons. The Bertz CT molecular complexity index is 439. The van der Waals surface area contributed by atoms with Crippen molar-refractivity contribution in [3.05, 3.63) is 29.8 Å².